The van der Waals surface area contributed by atoms with E-state index in [-0.39, 0.29) is 22.9 Å². The van der Waals surface area contributed by atoms with E-state index in [0.717, 1.165) is 0 Å². The van der Waals surface area contributed by atoms with Crippen molar-refractivity contribution < 1.29 is 22.9 Å². The second-order valence-corrected chi connectivity index (χ2v) is 7.31. The van der Waals surface area contributed by atoms with Gasteiger partial charge in [-0.1, -0.05) is 11.6 Å². The molecule has 0 aliphatic heterocycles. The minimum Gasteiger partial charge on any atom is -0.461 e. The van der Waals surface area contributed by atoms with Gasteiger partial charge in [-0.25, -0.2) is 13.2 Å². The van der Waals surface area contributed by atoms with Crippen LogP contribution in [0.5, 0.6) is 0 Å². The minimum absolute atomic E-state index is 0.0501. The van der Waals surface area contributed by atoms with Crippen molar-refractivity contribution in [2.45, 2.75) is 11.8 Å². The van der Waals surface area contributed by atoms with Crippen molar-refractivity contribution in [2.24, 2.45) is 5.10 Å². The molecule has 11 heteroatoms. The number of sulfone groups is 1. The van der Waals surface area contributed by atoms with Gasteiger partial charge in [0.1, 0.15) is 0 Å². The summed E-state index contributed by atoms with van der Waals surface area (Å²) in [5, 5.41) is 13.8. The largest absolute Gasteiger partial charge is 0.461 e. The molecule has 2 rings (SSSR count). The number of non-ortho nitro benzene ring substituents is 1. The molecule has 2 aromatic carbocycles. The first-order valence-corrected chi connectivity index (χ1v) is 9.37. The Bertz CT molecular complexity index is 972. The van der Waals surface area contributed by atoms with Gasteiger partial charge in [0, 0.05) is 17.2 Å². The van der Waals surface area contributed by atoms with E-state index in [4.69, 9.17) is 16.3 Å². The van der Waals surface area contributed by atoms with Crippen molar-refractivity contribution in [1.29, 1.82) is 0 Å². The van der Waals surface area contributed by atoms with E-state index in [0.29, 0.717) is 5.02 Å². The van der Waals surface area contributed by atoms with Gasteiger partial charge < -0.3 is 4.74 Å². The lowest BCUT2D eigenvalue weighted by atomic mass is 10.3. The summed E-state index contributed by atoms with van der Waals surface area (Å²) in [4.78, 5) is 22.0. The number of esters is 1. The van der Waals surface area contributed by atoms with Crippen molar-refractivity contribution in [3.05, 3.63) is 63.7 Å². The fourth-order valence-electron chi connectivity index (χ4n) is 1.91. The summed E-state index contributed by atoms with van der Waals surface area (Å²) < 4.78 is 30.2. The minimum atomic E-state index is -4.28. The van der Waals surface area contributed by atoms with Gasteiger partial charge >= 0.3 is 5.97 Å². The molecular weight excluding hydrogens is 398 g/mol. The summed E-state index contributed by atoms with van der Waals surface area (Å²) in [6.07, 6.45) is 0. The first-order chi connectivity index (χ1) is 12.8. The number of nitrogens with one attached hydrogen (secondary N) is 1. The van der Waals surface area contributed by atoms with Crippen LogP contribution in [0, 0.1) is 10.1 Å². The predicted octanol–water partition coefficient (Wildman–Crippen LogP) is 3.01. The zero-order valence-electron chi connectivity index (χ0n) is 14.0. The Labute approximate surface area is 159 Å². The Morgan fingerprint density at radius 2 is 1.78 bits per heavy atom. The number of hydrogen-bond donors (Lipinski definition) is 1. The Hall–Kier alpha value is -2.98. The number of hydrazone groups is 1. The zero-order valence-corrected chi connectivity index (χ0v) is 15.5. The number of nitro groups is 1. The van der Waals surface area contributed by atoms with Crippen molar-refractivity contribution in [1.82, 2.24) is 0 Å². The standard InChI is InChI=1S/C16H14ClN3O6S/c1-2-26-16(21)15(27(24,25)14-9-3-11(17)4-10-14)19-18-12-5-7-13(8-6-12)20(22)23/h3-10,18H,2H2,1H3/b19-15-. The number of carbonyl (C=O) groups excluding carboxylic acids is 1. The Kier molecular flexibility index (Phi) is 6.48. The quantitative estimate of drug-likeness (QED) is 0.263. The van der Waals surface area contributed by atoms with E-state index in [1.54, 1.807) is 0 Å². The second-order valence-electron chi connectivity index (χ2n) is 5.01. The highest BCUT2D eigenvalue weighted by Crippen LogP contribution is 2.19. The normalized spacial score (nSPS) is 11.7. The van der Waals surface area contributed by atoms with Crippen LogP contribution in [0.4, 0.5) is 11.4 Å². The number of benzene rings is 2. The number of anilines is 1. The van der Waals surface area contributed by atoms with Gasteiger partial charge in [0.25, 0.3) is 10.7 Å². The maximum Gasteiger partial charge on any atom is 0.371 e. The number of carbonyl (C=O) groups is 1. The van der Waals surface area contributed by atoms with Crippen molar-refractivity contribution in [3.8, 4) is 0 Å². The van der Waals surface area contributed by atoms with Gasteiger partial charge in [0.05, 0.1) is 22.1 Å². The van der Waals surface area contributed by atoms with Gasteiger partial charge in [0.15, 0.2) is 0 Å². The second kappa shape index (κ2) is 8.60. The maximum atomic E-state index is 12.7. The lowest BCUT2D eigenvalue weighted by Gasteiger charge is -2.08. The summed E-state index contributed by atoms with van der Waals surface area (Å²) in [5.74, 6) is -1.14. The molecule has 0 aliphatic rings. The van der Waals surface area contributed by atoms with E-state index < -0.39 is 25.8 Å². The van der Waals surface area contributed by atoms with Crippen LogP contribution in [0.25, 0.3) is 0 Å². The fourth-order valence-corrected chi connectivity index (χ4v) is 3.19. The molecule has 0 bridgehead atoms. The predicted molar refractivity (Wildman–Crippen MR) is 99.4 cm³/mol. The number of nitrogens with zero attached hydrogens (tertiary/aromatic N) is 2. The molecule has 142 valence electrons. The lowest BCUT2D eigenvalue weighted by Crippen LogP contribution is -2.28. The molecular formula is C16H14ClN3O6S. The van der Waals surface area contributed by atoms with E-state index in [2.05, 4.69) is 10.5 Å². The monoisotopic (exact) mass is 411 g/mol. The van der Waals surface area contributed by atoms with Gasteiger partial charge in [-0.15, -0.1) is 0 Å². The van der Waals surface area contributed by atoms with E-state index >= 15 is 0 Å². The summed E-state index contributed by atoms with van der Waals surface area (Å²) in [6.45, 7) is 1.47. The zero-order chi connectivity index (χ0) is 20.0. The van der Waals surface area contributed by atoms with Crippen LogP contribution in [0.2, 0.25) is 5.02 Å². The van der Waals surface area contributed by atoms with Crippen LogP contribution < -0.4 is 5.43 Å². The molecule has 0 saturated heterocycles. The average Bonchev–Trinajstić information content (AvgIpc) is 2.62. The maximum absolute atomic E-state index is 12.7. The molecule has 0 saturated carbocycles. The van der Waals surface area contributed by atoms with Crippen LogP contribution in [-0.2, 0) is 19.4 Å². The highest BCUT2D eigenvalue weighted by Gasteiger charge is 2.31. The molecule has 1 N–H and O–H groups in total. The smallest absolute Gasteiger partial charge is 0.371 e. The molecule has 2 aromatic rings. The van der Waals surface area contributed by atoms with Gasteiger partial charge in [-0.2, -0.15) is 5.10 Å². The Morgan fingerprint density at radius 3 is 2.30 bits per heavy atom. The number of ether oxygens (including phenoxy) is 1. The van der Waals surface area contributed by atoms with E-state index in [1.807, 2.05) is 0 Å². The van der Waals surface area contributed by atoms with Crippen LogP contribution in [0.3, 0.4) is 0 Å². The molecule has 0 amide bonds. The summed E-state index contributed by atoms with van der Waals surface area (Å²) in [6, 6.07) is 10.2. The third-order valence-corrected chi connectivity index (χ3v) is 5.10. The van der Waals surface area contributed by atoms with Gasteiger partial charge in [0.2, 0.25) is 9.84 Å². The first kappa shape index (κ1) is 20.3. The molecule has 0 aromatic heterocycles. The number of hydrogen-bond acceptors (Lipinski definition) is 8. The molecule has 0 fully saturated rings. The summed E-state index contributed by atoms with van der Waals surface area (Å²) in [7, 11) is -4.28. The molecule has 0 radical (unpaired) electrons. The molecule has 0 atom stereocenters. The number of nitro benzene ring substituents is 1. The molecule has 9 nitrogen and oxygen atoms in total. The highest BCUT2D eigenvalue weighted by atomic mass is 35.5. The van der Waals surface area contributed by atoms with Crippen molar-refractivity contribution >= 4 is 43.8 Å². The molecule has 0 spiro atoms. The summed E-state index contributed by atoms with van der Waals surface area (Å²) >= 11 is 5.75. The molecule has 0 aliphatic carbocycles. The highest BCUT2D eigenvalue weighted by molar-refractivity contribution is 8.08. The summed E-state index contributed by atoms with van der Waals surface area (Å²) in [5.41, 5.74) is 2.49. The van der Waals surface area contributed by atoms with Crippen molar-refractivity contribution in [3.63, 3.8) is 0 Å². The van der Waals surface area contributed by atoms with Crippen LogP contribution in [0.15, 0.2) is 58.5 Å². The van der Waals surface area contributed by atoms with Crippen LogP contribution in [-0.4, -0.2) is 31.0 Å². The van der Waals surface area contributed by atoms with E-state index in [1.165, 1.54) is 55.5 Å². The van der Waals surface area contributed by atoms with Gasteiger partial charge in [-0.3, -0.25) is 15.5 Å². The third-order valence-electron chi connectivity index (χ3n) is 3.19. The first-order valence-electron chi connectivity index (χ1n) is 7.51. The number of halogens is 1. The van der Waals surface area contributed by atoms with Crippen LogP contribution >= 0.6 is 11.6 Å². The third kappa shape index (κ3) is 5.02. The van der Waals surface area contributed by atoms with Crippen molar-refractivity contribution in [2.75, 3.05) is 12.0 Å². The van der Waals surface area contributed by atoms with E-state index in [9.17, 15) is 23.3 Å². The SMILES string of the molecule is CCOC(=O)/C(=N/Nc1ccc([N+](=O)[O-])cc1)S(=O)(=O)c1ccc(Cl)cc1. The molecule has 27 heavy (non-hydrogen) atoms. The number of rotatable bonds is 5. The Morgan fingerprint density at radius 1 is 1.19 bits per heavy atom. The lowest BCUT2D eigenvalue weighted by molar-refractivity contribution is -0.384. The molecule has 0 heterocycles. The average molecular weight is 412 g/mol. The molecule has 0 unspecified atom stereocenters. The Balaban J connectivity index is 2.38. The van der Waals surface area contributed by atoms with Gasteiger partial charge in [-0.05, 0) is 43.3 Å². The van der Waals surface area contributed by atoms with Crippen LogP contribution in [0.1, 0.15) is 6.92 Å². The topological polar surface area (TPSA) is 128 Å². The fraction of sp³-hybridized carbons (Fsp3) is 0.125.